The van der Waals surface area contributed by atoms with Crippen molar-refractivity contribution < 1.29 is 19.4 Å². The zero-order valence-electron chi connectivity index (χ0n) is 11.5. The van der Waals surface area contributed by atoms with Gasteiger partial charge in [-0.25, -0.2) is 0 Å². The molecule has 0 saturated carbocycles. The normalized spacial score (nSPS) is 10.0. The lowest BCUT2D eigenvalue weighted by Gasteiger charge is -2.11. The molecule has 0 saturated heterocycles. The van der Waals surface area contributed by atoms with E-state index in [-0.39, 0.29) is 11.3 Å². The fourth-order valence-electron chi connectivity index (χ4n) is 1.74. The molecule has 0 spiro atoms. The number of carbonyl (C=O) groups is 1. The first-order valence-electron chi connectivity index (χ1n) is 6.07. The molecule has 21 heavy (non-hydrogen) atoms. The van der Waals surface area contributed by atoms with E-state index in [1.54, 1.807) is 24.3 Å². The summed E-state index contributed by atoms with van der Waals surface area (Å²) in [6.07, 6.45) is 0. The van der Waals surface area contributed by atoms with Gasteiger partial charge in [0.1, 0.15) is 17.2 Å². The number of carbonyl (C=O) groups excluding carboxylic acids is 1. The first-order valence-corrected chi connectivity index (χ1v) is 6.45. The van der Waals surface area contributed by atoms with E-state index in [4.69, 9.17) is 21.1 Å². The largest absolute Gasteiger partial charge is 0.507 e. The molecule has 0 fully saturated rings. The van der Waals surface area contributed by atoms with Gasteiger partial charge >= 0.3 is 0 Å². The molecule has 0 heterocycles. The number of aromatic hydroxyl groups is 1. The first-order chi connectivity index (χ1) is 10.0. The summed E-state index contributed by atoms with van der Waals surface area (Å²) < 4.78 is 10.1. The number of amides is 1. The standard InChI is InChI=1S/C15H14ClNO4/c1-20-9-4-6-14(18)11(7-9)15(19)17-13-8-10(21-2)3-5-12(13)16/h3-8,18H,1-2H3,(H,17,19). The van der Waals surface area contributed by atoms with E-state index < -0.39 is 5.91 Å². The Morgan fingerprint density at radius 3 is 2.38 bits per heavy atom. The third-order valence-electron chi connectivity index (χ3n) is 2.87. The summed E-state index contributed by atoms with van der Waals surface area (Å²) in [6.45, 7) is 0. The molecule has 2 aromatic carbocycles. The van der Waals surface area contributed by atoms with Crippen LogP contribution in [0, 0.1) is 0 Å². The summed E-state index contributed by atoms with van der Waals surface area (Å²) in [5.74, 6) is 0.383. The summed E-state index contributed by atoms with van der Waals surface area (Å²) in [4.78, 5) is 12.2. The van der Waals surface area contributed by atoms with Gasteiger partial charge in [-0.2, -0.15) is 0 Å². The maximum Gasteiger partial charge on any atom is 0.259 e. The lowest BCUT2D eigenvalue weighted by Crippen LogP contribution is -2.12. The Morgan fingerprint density at radius 1 is 1.10 bits per heavy atom. The van der Waals surface area contributed by atoms with Crippen LogP contribution in [0.4, 0.5) is 5.69 Å². The van der Waals surface area contributed by atoms with E-state index in [0.717, 1.165) is 0 Å². The zero-order chi connectivity index (χ0) is 15.4. The molecule has 0 radical (unpaired) electrons. The Labute approximate surface area is 127 Å². The predicted octanol–water partition coefficient (Wildman–Crippen LogP) is 3.32. The molecule has 110 valence electrons. The van der Waals surface area contributed by atoms with Gasteiger partial charge in [0, 0.05) is 6.07 Å². The summed E-state index contributed by atoms with van der Waals surface area (Å²) in [7, 11) is 3.00. The molecular formula is C15H14ClNO4. The summed E-state index contributed by atoms with van der Waals surface area (Å²) >= 11 is 6.03. The van der Waals surface area contributed by atoms with Crippen molar-refractivity contribution in [3.63, 3.8) is 0 Å². The van der Waals surface area contributed by atoms with E-state index >= 15 is 0 Å². The third-order valence-corrected chi connectivity index (χ3v) is 3.20. The Kier molecular flexibility index (Phi) is 4.55. The maximum atomic E-state index is 12.2. The van der Waals surface area contributed by atoms with Crippen LogP contribution in [0.1, 0.15) is 10.4 Å². The van der Waals surface area contributed by atoms with Crippen molar-refractivity contribution in [1.29, 1.82) is 0 Å². The first kappa shape index (κ1) is 15.0. The molecule has 2 N–H and O–H groups in total. The van der Waals surface area contributed by atoms with E-state index in [0.29, 0.717) is 22.2 Å². The fourth-order valence-corrected chi connectivity index (χ4v) is 1.91. The minimum atomic E-state index is -0.499. The fraction of sp³-hybridized carbons (Fsp3) is 0.133. The topological polar surface area (TPSA) is 67.8 Å². The second kappa shape index (κ2) is 6.37. The summed E-state index contributed by atoms with van der Waals surface area (Å²) in [6, 6.07) is 9.28. The molecule has 0 aliphatic carbocycles. The highest BCUT2D eigenvalue weighted by Crippen LogP contribution is 2.29. The number of anilines is 1. The molecule has 0 atom stereocenters. The third kappa shape index (κ3) is 3.38. The van der Waals surface area contributed by atoms with E-state index in [1.807, 2.05) is 0 Å². The van der Waals surface area contributed by atoms with Crippen molar-refractivity contribution in [2.24, 2.45) is 0 Å². The van der Waals surface area contributed by atoms with Crippen LogP contribution in [0.25, 0.3) is 0 Å². The number of rotatable bonds is 4. The number of phenolic OH excluding ortho intramolecular Hbond substituents is 1. The van der Waals surface area contributed by atoms with Gasteiger partial charge in [0.2, 0.25) is 0 Å². The molecule has 0 aromatic heterocycles. The Morgan fingerprint density at radius 2 is 1.71 bits per heavy atom. The number of halogens is 1. The van der Waals surface area contributed by atoms with Crippen LogP contribution >= 0.6 is 11.6 Å². The van der Waals surface area contributed by atoms with Crippen molar-refractivity contribution in [3.8, 4) is 17.2 Å². The molecule has 0 aliphatic rings. The van der Waals surface area contributed by atoms with Crippen LogP contribution in [0.2, 0.25) is 5.02 Å². The second-order valence-electron chi connectivity index (χ2n) is 4.18. The smallest absolute Gasteiger partial charge is 0.259 e. The SMILES string of the molecule is COc1ccc(Cl)c(NC(=O)c2cc(OC)ccc2O)c1. The van der Waals surface area contributed by atoms with Gasteiger partial charge in [-0.15, -0.1) is 0 Å². The minimum Gasteiger partial charge on any atom is -0.507 e. The van der Waals surface area contributed by atoms with E-state index in [9.17, 15) is 9.90 Å². The van der Waals surface area contributed by atoms with Gasteiger partial charge in [0.15, 0.2) is 0 Å². The molecule has 0 aliphatic heterocycles. The molecule has 2 aromatic rings. The average molecular weight is 308 g/mol. The van der Waals surface area contributed by atoms with Gasteiger partial charge in [0.25, 0.3) is 5.91 Å². The minimum absolute atomic E-state index is 0.0910. The average Bonchev–Trinajstić information content (AvgIpc) is 2.49. The van der Waals surface area contributed by atoms with Crippen LogP contribution in [0.5, 0.6) is 17.2 Å². The Balaban J connectivity index is 2.29. The van der Waals surface area contributed by atoms with E-state index in [2.05, 4.69) is 5.32 Å². The highest BCUT2D eigenvalue weighted by molar-refractivity contribution is 6.34. The Hall–Kier alpha value is -2.40. The predicted molar refractivity (Wildman–Crippen MR) is 80.6 cm³/mol. The molecule has 2 rings (SSSR count). The van der Waals surface area contributed by atoms with Crippen LogP contribution in [-0.2, 0) is 0 Å². The highest BCUT2D eigenvalue weighted by atomic mass is 35.5. The molecular weight excluding hydrogens is 294 g/mol. The maximum absolute atomic E-state index is 12.2. The number of hydrogen-bond donors (Lipinski definition) is 2. The molecule has 1 amide bonds. The second-order valence-corrected chi connectivity index (χ2v) is 4.59. The molecule has 6 heteroatoms. The lowest BCUT2D eigenvalue weighted by atomic mass is 10.1. The van der Waals surface area contributed by atoms with Gasteiger partial charge in [-0.1, -0.05) is 11.6 Å². The quantitative estimate of drug-likeness (QED) is 0.909. The molecule has 0 unspecified atom stereocenters. The van der Waals surface area contributed by atoms with Crippen molar-refractivity contribution in [2.75, 3.05) is 19.5 Å². The molecule has 0 bridgehead atoms. The number of ether oxygens (including phenoxy) is 2. The van der Waals surface area contributed by atoms with Gasteiger partial charge in [-0.3, -0.25) is 4.79 Å². The van der Waals surface area contributed by atoms with Crippen LogP contribution < -0.4 is 14.8 Å². The number of hydrogen-bond acceptors (Lipinski definition) is 4. The Bertz CT molecular complexity index is 673. The van der Waals surface area contributed by atoms with Crippen LogP contribution in [0.3, 0.4) is 0 Å². The van der Waals surface area contributed by atoms with Crippen LogP contribution in [0.15, 0.2) is 36.4 Å². The zero-order valence-corrected chi connectivity index (χ0v) is 12.3. The number of phenols is 1. The van der Waals surface area contributed by atoms with Gasteiger partial charge in [-0.05, 0) is 30.3 Å². The lowest BCUT2D eigenvalue weighted by molar-refractivity contribution is 0.102. The number of nitrogens with one attached hydrogen (secondary N) is 1. The monoisotopic (exact) mass is 307 g/mol. The van der Waals surface area contributed by atoms with Gasteiger partial charge in [0.05, 0.1) is 30.5 Å². The van der Waals surface area contributed by atoms with E-state index in [1.165, 1.54) is 26.4 Å². The van der Waals surface area contributed by atoms with Crippen molar-refractivity contribution >= 4 is 23.2 Å². The van der Waals surface area contributed by atoms with Gasteiger partial charge < -0.3 is 19.9 Å². The number of methoxy groups -OCH3 is 2. The summed E-state index contributed by atoms with van der Waals surface area (Å²) in [5.41, 5.74) is 0.483. The van der Waals surface area contributed by atoms with Crippen molar-refractivity contribution in [2.45, 2.75) is 0 Å². The van der Waals surface area contributed by atoms with Crippen molar-refractivity contribution in [3.05, 3.63) is 47.0 Å². The number of benzene rings is 2. The molecule has 5 nitrogen and oxygen atoms in total. The summed E-state index contributed by atoms with van der Waals surface area (Å²) in [5, 5.41) is 12.8. The van der Waals surface area contributed by atoms with Crippen molar-refractivity contribution in [1.82, 2.24) is 0 Å². The van der Waals surface area contributed by atoms with Crippen LogP contribution in [-0.4, -0.2) is 25.2 Å². The highest BCUT2D eigenvalue weighted by Gasteiger charge is 2.14.